The van der Waals surface area contributed by atoms with Crippen LogP contribution in [0.5, 0.6) is 0 Å². The monoisotopic (exact) mass is 177 g/mol. The molecule has 6 nitrogen and oxygen atoms in total. The molecule has 0 aliphatic heterocycles. The maximum Gasteiger partial charge on any atom is 0.265 e. The normalized spacial score (nSPS) is 10.2. The number of ketones is 1. The fourth-order valence-electron chi connectivity index (χ4n) is 1.01. The predicted octanol–water partition coefficient (Wildman–Crippen LogP) is -0.231. The highest BCUT2D eigenvalue weighted by Gasteiger charge is 2.15. The number of rotatable bonds is 2. The lowest BCUT2D eigenvalue weighted by Gasteiger charge is -1.95. The molecule has 0 saturated carbocycles. The summed E-state index contributed by atoms with van der Waals surface area (Å²) in [7, 11) is 1.75. The van der Waals surface area contributed by atoms with Gasteiger partial charge >= 0.3 is 0 Å². The predicted molar refractivity (Wildman–Crippen MR) is 43.0 cm³/mol. The van der Waals surface area contributed by atoms with Gasteiger partial charge in [-0.1, -0.05) is 0 Å². The molecule has 0 saturated heterocycles. The number of imidazole rings is 1. The Labute approximate surface area is 73.6 Å². The second-order valence-electron chi connectivity index (χ2n) is 2.52. The number of carbonyl (C=O) groups is 1. The Hall–Kier alpha value is -1.98. The van der Waals surface area contributed by atoms with Crippen LogP contribution < -0.4 is 0 Å². The molecule has 1 N–H and O–H groups in total. The van der Waals surface area contributed by atoms with Crippen molar-refractivity contribution in [2.75, 3.05) is 0 Å². The lowest BCUT2D eigenvalue weighted by molar-refractivity contribution is 0.101. The summed E-state index contributed by atoms with van der Waals surface area (Å²) in [5.41, 5.74) is 0. The van der Waals surface area contributed by atoms with Crippen LogP contribution >= 0.6 is 0 Å². The number of H-pyrrole nitrogens is 1. The fourth-order valence-corrected chi connectivity index (χ4v) is 1.01. The first-order chi connectivity index (χ1) is 6.29. The van der Waals surface area contributed by atoms with E-state index in [1.807, 2.05) is 0 Å². The third-order valence-corrected chi connectivity index (χ3v) is 1.65. The molecule has 13 heavy (non-hydrogen) atoms. The number of aryl methyl sites for hydroxylation is 1. The molecule has 2 aromatic heterocycles. The summed E-state index contributed by atoms with van der Waals surface area (Å²) < 4.78 is 1.63. The van der Waals surface area contributed by atoms with Crippen LogP contribution in [0, 0.1) is 0 Å². The lowest BCUT2D eigenvalue weighted by Crippen LogP contribution is -2.10. The van der Waals surface area contributed by atoms with E-state index in [-0.39, 0.29) is 11.6 Å². The van der Waals surface area contributed by atoms with Crippen LogP contribution in [-0.4, -0.2) is 30.5 Å². The van der Waals surface area contributed by atoms with Crippen LogP contribution in [0.1, 0.15) is 16.4 Å². The number of hydrogen-bond donors (Lipinski definition) is 1. The molecule has 0 aliphatic rings. The SMILES string of the molecule is Cn1ccnc1C(=O)c1ncn[nH]1. The van der Waals surface area contributed by atoms with Crippen molar-refractivity contribution in [3.05, 3.63) is 30.4 Å². The number of carbonyl (C=O) groups excluding carboxylic acids is 1. The fraction of sp³-hybridized carbons (Fsp3) is 0.143. The number of hydrogen-bond acceptors (Lipinski definition) is 4. The molecule has 0 radical (unpaired) electrons. The van der Waals surface area contributed by atoms with Crippen molar-refractivity contribution in [1.29, 1.82) is 0 Å². The number of nitrogens with zero attached hydrogens (tertiary/aromatic N) is 4. The van der Waals surface area contributed by atoms with Crippen molar-refractivity contribution in [3.63, 3.8) is 0 Å². The molecule has 0 amide bonds. The van der Waals surface area contributed by atoms with Gasteiger partial charge in [0.1, 0.15) is 6.33 Å². The highest BCUT2D eigenvalue weighted by molar-refractivity contribution is 6.03. The van der Waals surface area contributed by atoms with Crippen molar-refractivity contribution >= 4 is 5.78 Å². The van der Waals surface area contributed by atoms with E-state index in [9.17, 15) is 4.79 Å². The Morgan fingerprint density at radius 3 is 2.92 bits per heavy atom. The average Bonchev–Trinajstić information content (AvgIpc) is 2.72. The summed E-state index contributed by atoms with van der Waals surface area (Å²) in [5.74, 6) is 0.288. The average molecular weight is 177 g/mol. The first kappa shape index (κ1) is 7.66. The quantitative estimate of drug-likeness (QED) is 0.643. The Balaban J connectivity index is 2.39. The van der Waals surface area contributed by atoms with Crippen LogP contribution in [0.25, 0.3) is 0 Å². The topological polar surface area (TPSA) is 76.5 Å². The van der Waals surface area contributed by atoms with Crippen LogP contribution in [-0.2, 0) is 7.05 Å². The van der Waals surface area contributed by atoms with E-state index >= 15 is 0 Å². The van der Waals surface area contributed by atoms with E-state index in [2.05, 4.69) is 20.2 Å². The largest absolute Gasteiger partial charge is 0.331 e. The van der Waals surface area contributed by atoms with Gasteiger partial charge in [-0.2, -0.15) is 5.10 Å². The standard InChI is InChI=1S/C7H7N5O/c1-12-3-2-8-7(12)5(13)6-9-4-10-11-6/h2-4H,1H3,(H,9,10,11). The zero-order valence-corrected chi connectivity index (χ0v) is 6.93. The first-order valence-electron chi connectivity index (χ1n) is 3.66. The summed E-state index contributed by atoms with van der Waals surface area (Å²) in [5, 5.41) is 6.08. The van der Waals surface area contributed by atoms with Crippen molar-refractivity contribution in [3.8, 4) is 0 Å². The van der Waals surface area contributed by atoms with Gasteiger partial charge in [-0.3, -0.25) is 9.89 Å². The Morgan fingerprint density at radius 1 is 1.54 bits per heavy atom. The molecule has 0 aromatic carbocycles. The zero-order chi connectivity index (χ0) is 9.26. The number of aromatic nitrogens is 5. The number of nitrogens with one attached hydrogen (secondary N) is 1. The highest BCUT2D eigenvalue weighted by atomic mass is 16.1. The van der Waals surface area contributed by atoms with E-state index in [0.717, 1.165) is 0 Å². The molecule has 0 aliphatic carbocycles. The molecule has 0 spiro atoms. The van der Waals surface area contributed by atoms with E-state index in [1.165, 1.54) is 6.33 Å². The highest BCUT2D eigenvalue weighted by Crippen LogP contribution is 2.00. The molecule has 6 heteroatoms. The summed E-state index contributed by atoms with van der Waals surface area (Å²) in [6.07, 6.45) is 4.55. The Kier molecular flexibility index (Phi) is 1.66. The lowest BCUT2D eigenvalue weighted by atomic mass is 10.3. The van der Waals surface area contributed by atoms with Gasteiger partial charge in [-0.05, 0) is 0 Å². The van der Waals surface area contributed by atoms with Gasteiger partial charge in [-0.25, -0.2) is 9.97 Å². The molecule has 0 bridgehead atoms. The summed E-state index contributed by atoms with van der Waals surface area (Å²) in [6, 6.07) is 0. The van der Waals surface area contributed by atoms with Crippen LogP contribution in [0.2, 0.25) is 0 Å². The van der Waals surface area contributed by atoms with E-state index in [0.29, 0.717) is 5.82 Å². The smallest absolute Gasteiger partial charge is 0.265 e. The molecular formula is C7H7N5O. The second-order valence-corrected chi connectivity index (χ2v) is 2.52. The maximum atomic E-state index is 11.6. The molecule has 0 atom stereocenters. The van der Waals surface area contributed by atoms with Gasteiger partial charge in [0.25, 0.3) is 5.78 Å². The Morgan fingerprint density at radius 2 is 2.38 bits per heavy atom. The molecule has 2 aromatic rings. The molecule has 66 valence electrons. The third-order valence-electron chi connectivity index (χ3n) is 1.65. The first-order valence-corrected chi connectivity index (χ1v) is 3.66. The van der Waals surface area contributed by atoms with Crippen LogP contribution in [0.4, 0.5) is 0 Å². The van der Waals surface area contributed by atoms with Gasteiger partial charge in [0, 0.05) is 19.4 Å². The minimum absolute atomic E-state index is 0.203. The third kappa shape index (κ3) is 1.22. The van der Waals surface area contributed by atoms with Crippen molar-refractivity contribution < 1.29 is 4.79 Å². The van der Waals surface area contributed by atoms with Gasteiger partial charge in [-0.15, -0.1) is 0 Å². The second kappa shape index (κ2) is 2.81. The summed E-state index contributed by atoms with van der Waals surface area (Å²) >= 11 is 0. The summed E-state index contributed by atoms with van der Waals surface area (Å²) in [4.78, 5) is 19.2. The molecule has 2 rings (SSSR count). The van der Waals surface area contributed by atoms with Gasteiger partial charge in [0.2, 0.25) is 0 Å². The minimum atomic E-state index is -0.259. The van der Waals surface area contributed by atoms with Crippen molar-refractivity contribution in [2.24, 2.45) is 7.05 Å². The van der Waals surface area contributed by atoms with Gasteiger partial charge in [0.15, 0.2) is 11.6 Å². The zero-order valence-electron chi connectivity index (χ0n) is 6.93. The molecule has 0 fully saturated rings. The number of aromatic amines is 1. The summed E-state index contributed by atoms with van der Waals surface area (Å²) in [6.45, 7) is 0. The van der Waals surface area contributed by atoms with E-state index < -0.39 is 0 Å². The van der Waals surface area contributed by atoms with E-state index in [4.69, 9.17) is 0 Å². The van der Waals surface area contributed by atoms with Crippen molar-refractivity contribution in [1.82, 2.24) is 24.7 Å². The molecule has 0 unspecified atom stereocenters. The van der Waals surface area contributed by atoms with Gasteiger partial charge < -0.3 is 4.57 Å². The maximum absolute atomic E-state index is 11.6. The molecular weight excluding hydrogens is 170 g/mol. The van der Waals surface area contributed by atoms with Crippen molar-refractivity contribution in [2.45, 2.75) is 0 Å². The van der Waals surface area contributed by atoms with Crippen LogP contribution in [0.15, 0.2) is 18.7 Å². The Bertz CT molecular complexity index is 416. The minimum Gasteiger partial charge on any atom is -0.331 e. The van der Waals surface area contributed by atoms with Crippen LogP contribution in [0.3, 0.4) is 0 Å². The van der Waals surface area contributed by atoms with E-state index in [1.54, 1.807) is 24.0 Å². The molecule has 2 heterocycles. The van der Waals surface area contributed by atoms with Gasteiger partial charge in [0.05, 0.1) is 0 Å².